The summed E-state index contributed by atoms with van der Waals surface area (Å²) in [4.78, 5) is 0.202. The summed E-state index contributed by atoms with van der Waals surface area (Å²) in [7, 11) is -3.62. The minimum Gasteiger partial charge on any atom is -0.389 e. The highest BCUT2D eigenvalue weighted by Crippen LogP contribution is 2.22. The molecule has 1 saturated heterocycles. The number of aryl methyl sites for hydroxylation is 1. The van der Waals surface area contributed by atoms with Gasteiger partial charge in [-0.2, -0.15) is 4.31 Å². The molecule has 1 aliphatic heterocycles. The molecule has 1 aliphatic rings. The number of hydrogen-bond donors (Lipinski definition) is 2. The standard InChI is InChI=1S/C13H19NO4S/c1-2-3-10-4-6-11(7-5-10)19(17,18)14-8-12(15)13(16)9-14/h4-7,12-13,15-16H,2-3,8-9H2,1H3. The van der Waals surface area contributed by atoms with Crippen LogP contribution in [0.25, 0.3) is 0 Å². The van der Waals surface area contributed by atoms with Crippen molar-refractivity contribution in [3.05, 3.63) is 29.8 Å². The first kappa shape index (κ1) is 14.5. The molecule has 0 saturated carbocycles. The maximum atomic E-state index is 12.3. The van der Waals surface area contributed by atoms with E-state index in [9.17, 15) is 18.6 Å². The first-order valence-corrected chi connectivity index (χ1v) is 7.84. The van der Waals surface area contributed by atoms with Crippen LogP contribution in [0.2, 0.25) is 0 Å². The summed E-state index contributed by atoms with van der Waals surface area (Å²) in [6.07, 6.45) is -0.0822. The second-order valence-electron chi connectivity index (χ2n) is 4.85. The van der Waals surface area contributed by atoms with E-state index < -0.39 is 22.2 Å². The van der Waals surface area contributed by atoms with Crippen molar-refractivity contribution >= 4 is 10.0 Å². The van der Waals surface area contributed by atoms with Crippen molar-refractivity contribution in [1.29, 1.82) is 0 Å². The van der Waals surface area contributed by atoms with Crippen LogP contribution < -0.4 is 0 Å². The van der Waals surface area contributed by atoms with Gasteiger partial charge in [0.1, 0.15) is 0 Å². The second kappa shape index (κ2) is 5.58. The normalized spacial score (nSPS) is 24.8. The van der Waals surface area contributed by atoms with Crippen molar-refractivity contribution < 1.29 is 18.6 Å². The van der Waals surface area contributed by atoms with E-state index in [-0.39, 0.29) is 18.0 Å². The quantitative estimate of drug-likeness (QED) is 0.837. The molecule has 0 aliphatic carbocycles. The molecule has 1 aromatic carbocycles. The van der Waals surface area contributed by atoms with Gasteiger partial charge in [0, 0.05) is 13.1 Å². The molecule has 1 aromatic rings. The molecule has 0 bridgehead atoms. The monoisotopic (exact) mass is 285 g/mol. The van der Waals surface area contributed by atoms with Crippen molar-refractivity contribution in [3.8, 4) is 0 Å². The van der Waals surface area contributed by atoms with Gasteiger partial charge in [-0.05, 0) is 24.1 Å². The Balaban J connectivity index is 2.20. The third kappa shape index (κ3) is 2.97. The van der Waals surface area contributed by atoms with Crippen LogP contribution in [-0.2, 0) is 16.4 Å². The number of benzene rings is 1. The highest BCUT2D eigenvalue weighted by atomic mass is 32.2. The molecule has 0 radical (unpaired) electrons. The van der Waals surface area contributed by atoms with Gasteiger partial charge in [0.15, 0.2) is 0 Å². The van der Waals surface area contributed by atoms with E-state index in [4.69, 9.17) is 0 Å². The topological polar surface area (TPSA) is 77.8 Å². The first-order valence-electron chi connectivity index (χ1n) is 6.40. The van der Waals surface area contributed by atoms with Gasteiger partial charge < -0.3 is 10.2 Å². The van der Waals surface area contributed by atoms with Crippen molar-refractivity contribution in [3.63, 3.8) is 0 Å². The van der Waals surface area contributed by atoms with Crippen molar-refractivity contribution in [1.82, 2.24) is 4.31 Å². The average Bonchev–Trinajstić information content (AvgIpc) is 2.71. The van der Waals surface area contributed by atoms with E-state index in [1.165, 1.54) is 0 Å². The maximum absolute atomic E-state index is 12.3. The van der Waals surface area contributed by atoms with E-state index in [2.05, 4.69) is 6.92 Å². The fraction of sp³-hybridized carbons (Fsp3) is 0.538. The van der Waals surface area contributed by atoms with Crippen LogP contribution in [0.4, 0.5) is 0 Å². The molecule has 0 amide bonds. The molecule has 2 rings (SSSR count). The minimum absolute atomic E-state index is 0.0553. The van der Waals surface area contributed by atoms with E-state index in [1.54, 1.807) is 24.3 Å². The van der Waals surface area contributed by atoms with Crippen molar-refractivity contribution in [2.45, 2.75) is 36.9 Å². The van der Waals surface area contributed by atoms with Crippen LogP contribution in [0.1, 0.15) is 18.9 Å². The van der Waals surface area contributed by atoms with Crippen LogP contribution in [-0.4, -0.2) is 48.2 Å². The van der Waals surface area contributed by atoms with Crippen LogP contribution in [0, 0.1) is 0 Å². The zero-order valence-corrected chi connectivity index (χ0v) is 11.7. The van der Waals surface area contributed by atoms with Gasteiger partial charge in [-0.15, -0.1) is 0 Å². The van der Waals surface area contributed by atoms with Gasteiger partial charge in [0.25, 0.3) is 0 Å². The van der Waals surface area contributed by atoms with Gasteiger partial charge in [0.2, 0.25) is 10.0 Å². The number of sulfonamides is 1. The molecule has 5 nitrogen and oxygen atoms in total. The summed E-state index contributed by atoms with van der Waals surface area (Å²) < 4.78 is 25.7. The molecule has 19 heavy (non-hydrogen) atoms. The van der Waals surface area contributed by atoms with Gasteiger partial charge in [-0.25, -0.2) is 8.42 Å². The molecule has 2 unspecified atom stereocenters. The van der Waals surface area contributed by atoms with Crippen molar-refractivity contribution in [2.24, 2.45) is 0 Å². The molecule has 2 N–H and O–H groups in total. The number of aliphatic hydroxyl groups excluding tert-OH is 2. The Bertz CT molecular complexity index is 516. The van der Waals surface area contributed by atoms with Crippen molar-refractivity contribution in [2.75, 3.05) is 13.1 Å². The molecule has 0 aromatic heterocycles. The molecule has 2 atom stereocenters. The van der Waals surface area contributed by atoms with Gasteiger partial charge in [0.05, 0.1) is 17.1 Å². The Morgan fingerprint density at radius 3 is 2.16 bits per heavy atom. The van der Waals surface area contributed by atoms with Gasteiger partial charge >= 0.3 is 0 Å². The number of nitrogens with zero attached hydrogens (tertiary/aromatic N) is 1. The van der Waals surface area contributed by atoms with Gasteiger partial charge in [-0.3, -0.25) is 0 Å². The number of β-amino-alcohol motifs (C(OH)–C–C–N with tert-alkyl or cyclic N) is 2. The third-order valence-corrected chi connectivity index (χ3v) is 5.17. The van der Waals surface area contributed by atoms with Crippen LogP contribution in [0.3, 0.4) is 0 Å². The van der Waals surface area contributed by atoms with E-state index in [1.807, 2.05) is 0 Å². The molecule has 1 heterocycles. The third-order valence-electron chi connectivity index (χ3n) is 3.33. The van der Waals surface area contributed by atoms with E-state index in [0.717, 1.165) is 22.7 Å². The lowest BCUT2D eigenvalue weighted by molar-refractivity contribution is 0.0572. The fourth-order valence-corrected chi connectivity index (χ4v) is 3.67. The van der Waals surface area contributed by atoms with Crippen LogP contribution in [0.15, 0.2) is 29.2 Å². The molecular weight excluding hydrogens is 266 g/mol. The van der Waals surface area contributed by atoms with Crippen LogP contribution >= 0.6 is 0 Å². The molecule has 106 valence electrons. The highest BCUT2D eigenvalue weighted by molar-refractivity contribution is 7.89. The maximum Gasteiger partial charge on any atom is 0.243 e. The second-order valence-corrected chi connectivity index (χ2v) is 6.79. The Morgan fingerprint density at radius 2 is 1.68 bits per heavy atom. The molecule has 6 heteroatoms. The summed E-state index contributed by atoms with van der Waals surface area (Å²) >= 11 is 0. The fourth-order valence-electron chi connectivity index (χ4n) is 2.20. The Kier molecular flexibility index (Phi) is 4.25. The number of aliphatic hydroxyl groups is 2. The molecule has 1 fully saturated rings. The average molecular weight is 285 g/mol. The lowest BCUT2D eigenvalue weighted by atomic mass is 10.1. The summed E-state index contributed by atoms with van der Waals surface area (Å²) in [6.45, 7) is 1.96. The Labute approximate surface area is 113 Å². The van der Waals surface area contributed by atoms with Crippen LogP contribution in [0.5, 0.6) is 0 Å². The Hall–Kier alpha value is -0.950. The molecular formula is C13H19NO4S. The summed E-state index contributed by atoms with van der Waals surface area (Å²) in [6, 6.07) is 6.77. The van der Waals surface area contributed by atoms with E-state index >= 15 is 0 Å². The highest BCUT2D eigenvalue weighted by Gasteiger charge is 2.37. The SMILES string of the molecule is CCCc1ccc(S(=O)(=O)N2CC(O)C(O)C2)cc1. The minimum atomic E-state index is -3.62. The Morgan fingerprint density at radius 1 is 1.16 bits per heavy atom. The summed E-state index contributed by atoms with van der Waals surface area (Å²) in [5.74, 6) is 0. The first-order chi connectivity index (χ1) is 8.95. The van der Waals surface area contributed by atoms with Gasteiger partial charge in [-0.1, -0.05) is 25.5 Å². The number of rotatable bonds is 4. The lowest BCUT2D eigenvalue weighted by Gasteiger charge is -2.15. The zero-order chi connectivity index (χ0) is 14.0. The smallest absolute Gasteiger partial charge is 0.243 e. The molecule has 0 spiro atoms. The zero-order valence-electron chi connectivity index (χ0n) is 10.9. The summed E-state index contributed by atoms with van der Waals surface area (Å²) in [5, 5.41) is 18.9. The summed E-state index contributed by atoms with van der Waals surface area (Å²) in [5.41, 5.74) is 1.10. The van der Waals surface area contributed by atoms with E-state index in [0.29, 0.717) is 0 Å². The largest absolute Gasteiger partial charge is 0.389 e. The lowest BCUT2D eigenvalue weighted by Crippen LogP contribution is -2.29. The number of hydrogen-bond acceptors (Lipinski definition) is 4. The predicted molar refractivity (Wildman–Crippen MR) is 71.2 cm³/mol. The predicted octanol–water partition coefficient (Wildman–Crippen LogP) is 0.365.